The molecule has 182 valence electrons. The summed E-state index contributed by atoms with van der Waals surface area (Å²) in [7, 11) is -2.17. The van der Waals surface area contributed by atoms with Crippen LogP contribution in [-0.2, 0) is 36.4 Å². The Bertz CT molecular complexity index is 1480. The van der Waals surface area contributed by atoms with E-state index < -0.39 is 21.9 Å². The van der Waals surface area contributed by atoms with Crippen LogP contribution in [0.2, 0.25) is 0 Å². The molecule has 2 aromatic heterocycles. The molecule has 1 aliphatic heterocycles. The van der Waals surface area contributed by atoms with Crippen molar-refractivity contribution < 1.29 is 21.6 Å². The number of hydrogen-bond donors (Lipinski definition) is 1. The lowest BCUT2D eigenvalue weighted by Crippen LogP contribution is -2.39. The van der Waals surface area contributed by atoms with Crippen molar-refractivity contribution in [2.75, 3.05) is 11.3 Å². The average Bonchev–Trinajstić information content (AvgIpc) is 3.48. The van der Waals surface area contributed by atoms with Gasteiger partial charge >= 0.3 is 16.4 Å². The van der Waals surface area contributed by atoms with E-state index >= 15 is 0 Å². The van der Waals surface area contributed by atoms with Crippen LogP contribution in [0.5, 0.6) is 0 Å². The van der Waals surface area contributed by atoms with Crippen LogP contribution >= 0.6 is 11.5 Å². The molecule has 0 radical (unpaired) electrons. The Hall–Kier alpha value is -3.29. The fourth-order valence-electron chi connectivity index (χ4n) is 4.24. The summed E-state index contributed by atoms with van der Waals surface area (Å²) in [6, 6.07) is 10.8. The summed E-state index contributed by atoms with van der Waals surface area (Å²) in [5.74, 6) is 0. The number of aromatic nitrogens is 4. The van der Waals surface area contributed by atoms with Crippen molar-refractivity contribution in [2.24, 2.45) is 7.05 Å². The van der Waals surface area contributed by atoms with Gasteiger partial charge in [0.2, 0.25) is 5.13 Å². The average molecular weight is 521 g/mol. The highest BCUT2D eigenvalue weighted by molar-refractivity contribution is 7.90. The second-order valence-electron chi connectivity index (χ2n) is 7.98. The van der Waals surface area contributed by atoms with E-state index in [1.54, 1.807) is 19.2 Å². The maximum absolute atomic E-state index is 13.5. The largest absolute Gasteiger partial charge is 0.416 e. The quantitative estimate of drug-likeness (QED) is 0.423. The molecule has 13 heteroatoms. The van der Waals surface area contributed by atoms with Gasteiger partial charge in [-0.15, -0.1) is 0 Å². The van der Waals surface area contributed by atoms with E-state index in [1.807, 2.05) is 12.1 Å². The van der Waals surface area contributed by atoms with Gasteiger partial charge in [-0.2, -0.15) is 35.4 Å². The molecule has 0 saturated heterocycles. The number of nitrogens with one attached hydrogen (secondary N) is 1. The number of hydrogen-bond acceptors (Lipinski definition) is 6. The molecule has 5 rings (SSSR count). The summed E-state index contributed by atoms with van der Waals surface area (Å²) in [6.45, 7) is 0.332. The Morgan fingerprint density at radius 2 is 1.91 bits per heavy atom. The van der Waals surface area contributed by atoms with E-state index in [9.17, 15) is 21.6 Å². The summed E-state index contributed by atoms with van der Waals surface area (Å²) in [5, 5.41) is 4.30. The molecular weight excluding hydrogens is 501 g/mol. The molecule has 1 N–H and O–H groups in total. The molecule has 3 heterocycles. The molecule has 0 amide bonds. The molecule has 35 heavy (non-hydrogen) atoms. The molecule has 0 spiro atoms. The summed E-state index contributed by atoms with van der Waals surface area (Å²) in [6.07, 6.45) is -1.29. The van der Waals surface area contributed by atoms with Gasteiger partial charge in [0.1, 0.15) is 6.33 Å². The van der Waals surface area contributed by atoms with Crippen LogP contribution in [0.4, 0.5) is 18.3 Å². The molecule has 0 bridgehead atoms. The highest BCUT2D eigenvalue weighted by atomic mass is 32.2. The number of aryl methyl sites for hydroxylation is 1. The minimum atomic E-state index is -4.49. The maximum Gasteiger partial charge on any atom is 0.416 e. The lowest BCUT2D eigenvalue weighted by Gasteiger charge is -2.29. The molecule has 2 aromatic carbocycles. The van der Waals surface area contributed by atoms with Gasteiger partial charge in [-0.1, -0.05) is 24.3 Å². The highest BCUT2D eigenvalue weighted by Gasteiger charge is 2.33. The predicted octanol–water partition coefficient (Wildman–Crippen LogP) is 4.34. The van der Waals surface area contributed by atoms with Crippen molar-refractivity contribution in [1.29, 1.82) is 0 Å². The fraction of sp³-hybridized carbons (Fsp3) is 0.227. The van der Waals surface area contributed by atoms with Crippen molar-refractivity contribution in [1.82, 2.24) is 23.4 Å². The zero-order valence-corrected chi connectivity index (χ0v) is 20.0. The lowest BCUT2D eigenvalue weighted by molar-refractivity contribution is -0.137. The first-order chi connectivity index (χ1) is 16.6. The van der Waals surface area contributed by atoms with Crippen LogP contribution in [0.1, 0.15) is 16.7 Å². The highest BCUT2D eigenvalue weighted by Crippen LogP contribution is 2.40. The van der Waals surface area contributed by atoms with E-state index in [1.165, 1.54) is 27.6 Å². The first kappa shape index (κ1) is 23.5. The van der Waals surface area contributed by atoms with Gasteiger partial charge in [0.15, 0.2) is 0 Å². The van der Waals surface area contributed by atoms with Crippen LogP contribution in [0.25, 0.3) is 22.4 Å². The summed E-state index contributed by atoms with van der Waals surface area (Å²) in [4.78, 5) is 3.86. The third kappa shape index (κ3) is 4.54. The van der Waals surface area contributed by atoms with Crippen molar-refractivity contribution in [3.8, 4) is 22.4 Å². The first-order valence-electron chi connectivity index (χ1n) is 10.5. The molecule has 8 nitrogen and oxygen atoms in total. The standard InChI is InChI=1S/C22H19F3N6O2S2/c1-30-20(7-9-27-30)19-11-15(22(23,24)25)5-6-18(19)17-4-2-3-14-12-31(10-8-16(14)17)35(32,33)29-21-26-13-28-34-21/h2-7,9,11,13H,8,10,12H2,1H3,(H,26,28,29). The third-order valence-electron chi connectivity index (χ3n) is 5.88. The number of halogens is 3. The number of benzene rings is 2. The van der Waals surface area contributed by atoms with Gasteiger partial charge in [0, 0.05) is 43.4 Å². The van der Waals surface area contributed by atoms with Gasteiger partial charge < -0.3 is 0 Å². The zero-order valence-electron chi connectivity index (χ0n) is 18.3. The van der Waals surface area contributed by atoms with E-state index in [4.69, 9.17) is 0 Å². The van der Waals surface area contributed by atoms with Gasteiger partial charge in [-0.25, -0.2) is 9.71 Å². The van der Waals surface area contributed by atoms with E-state index in [0.29, 0.717) is 23.2 Å². The lowest BCUT2D eigenvalue weighted by atomic mass is 9.88. The Morgan fingerprint density at radius 3 is 2.60 bits per heavy atom. The SMILES string of the molecule is Cn1nccc1-c1cc(C(F)(F)F)ccc1-c1cccc2c1CCN(S(=O)(=O)Nc1ncns1)C2. The number of rotatable bonds is 5. The molecule has 0 unspecified atom stereocenters. The van der Waals surface area contributed by atoms with Crippen LogP contribution in [0.3, 0.4) is 0 Å². The van der Waals surface area contributed by atoms with Gasteiger partial charge in [0.25, 0.3) is 0 Å². The Labute approximate surface area is 203 Å². The van der Waals surface area contributed by atoms with Crippen LogP contribution in [0.15, 0.2) is 55.0 Å². The first-order valence-corrected chi connectivity index (χ1v) is 12.7. The van der Waals surface area contributed by atoms with E-state index in [0.717, 1.165) is 40.4 Å². The molecule has 0 aliphatic carbocycles. The van der Waals surface area contributed by atoms with Gasteiger partial charge in [0.05, 0.1) is 11.3 Å². The summed E-state index contributed by atoms with van der Waals surface area (Å²) >= 11 is 0.938. The van der Waals surface area contributed by atoms with E-state index in [-0.39, 0.29) is 18.2 Å². The predicted molar refractivity (Wildman–Crippen MR) is 126 cm³/mol. The summed E-state index contributed by atoms with van der Waals surface area (Å²) in [5.41, 5.74) is 3.28. The van der Waals surface area contributed by atoms with Gasteiger partial charge in [-0.3, -0.25) is 4.68 Å². The minimum absolute atomic E-state index is 0.124. The van der Waals surface area contributed by atoms with Crippen LogP contribution in [-0.4, -0.2) is 38.4 Å². The van der Waals surface area contributed by atoms with Crippen molar-refractivity contribution in [3.63, 3.8) is 0 Å². The topological polar surface area (TPSA) is 93.0 Å². The normalized spacial score (nSPS) is 14.6. The Kier molecular flexibility index (Phi) is 5.85. The smallest absolute Gasteiger partial charge is 0.268 e. The monoisotopic (exact) mass is 520 g/mol. The molecule has 4 aromatic rings. The molecular formula is C22H19F3N6O2S2. The number of anilines is 1. The zero-order chi connectivity index (χ0) is 24.8. The molecule has 0 atom stereocenters. The van der Waals surface area contributed by atoms with Crippen LogP contribution < -0.4 is 4.72 Å². The number of nitrogens with zero attached hydrogens (tertiary/aromatic N) is 5. The van der Waals surface area contributed by atoms with E-state index in [2.05, 4.69) is 19.2 Å². The number of alkyl halides is 3. The molecule has 1 aliphatic rings. The van der Waals surface area contributed by atoms with Gasteiger partial charge in [-0.05, 0) is 46.9 Å². The van der Waals surface area contributed by atoms with Crippen LogP contribution in [0, 0.1) is 0 Å². The Morgan fingerprint density at radius 1 is 1.09 bits per heavy atom. The fourth-order valence-corrected chi connectivity index (χ4v) is 6.04. The van der Waals surface area contributed by atoms with Crippen molar-refractivity contribution in [2.45, 2.75) is 19.1 Å². The second kappa shape index (κ2) is 8.73. The maximum atomic E-state index is 13.5. The second-order valence-corrected chi connectivity index (χ2v) is 10.4. The molecule has 0 saturated carbocycles. The molecule has 0 fully saturated rings. The Balaban J connectivity index is 1.55. The number of fused-ring (bicyclic) bond motifs is 1. The third-order valence-corrected chi connectivity index (χ3v) is 8.03. The summed E-state index contributed by atoms with van der Waals surface area (Å²) < 4.78 is 75.3. The minimum Gasteiger partial charge on any atom is -0.268 e. The van der Waals surface area contributed by atoms with Crippen molar-refractivity contribution >= 4 is 26.9 Å². The van der Waals surface area contributed by atoms with Crippen molar-refractivity contribution in [3.05, 3.63) is 71.7 Å².